The molecular weight excluding hydrogens is 344 g/mol. The van der Waals surface area contributed by atoms with Gasteiger partial charge in [0.2, 0.25) is 0 Å². The molecule has 1 aromatic heterocycles. The molecule has 0 bridgehead atoms. The fourth-order valence-electron chi connectivity index (χ4n) is 3.30. The number of likely N-dealkylation sites (tertiary alicyclic amines) is 1. The molecule has 3 rings (SSSR count). The first-order valence-corrected chi connectivity index (χ1v) is 9.10. The topological polar surface area (TPSA) is 34.6 Å². The minimum absolute atomic E-state index is 0.306. The number of pyridine rings is 1. The van der Waals surface area contributed by atoms with Crippen molar-refractivity contribution in [3.05, 3.63) is 22.9 Å². The minimum Gasteiger partial charge on any atom is -0.489 e. The van der Waals surface area contributed by atoms with Gasteiger partial charge in [-0.05, 0) is 73.6 Å². The molecule has 0 spiro atoms. The Kier molecular flexibility index (Phi) is 5.71. The highest BCUT2D eigenvalue weighted by Crippen LogP contribution is 2.27. The van der Waals surface area contributed by atoms with Gasteiger partial charge < -0.3 is 14.4 Å². The van der Waals surface area contributed by atoms with Crippen LogP contribution in [0.5, 0.6) is 5.75 Å². The van der Waals surface area contributed by atoms with E-state index < -0.39 is 0 Å². The summed E-state index contributed by atoms with van der Waals surface area (Å²) in [6.45, 7) is 2.33. The van der Waals surface area contributed by atoms with Crippen LogP contribution in [0, 0.1) is 0 Å². The lowest BCUT2D eigenvalue weighted by Gasteiger charge is -2.35. The van der Waals surface area contributed by atoms with E-state index in [9.17, 15) is 0 Å². The Labute approximate surface area is 141 Å². The second-order valence-corrected chi connectivity index (χ2v) is 7.28. The molecule has 0 amide bonds. The number of ether oxygens (including phenoxy) is 2. The van der Waals surface area contributed by atoms with Gasteiger partial charge in [0.25, 0.3) is 0 Å². The van der Waals surface area contributed by atoms with Crippen LogP contribution in [-0.4, -0.2) is 48.3 Å². The summed E-state index contributed by atoms with van der Waals surface area (Å²) in [4.78, 5) is 6.59. The third-order valence-corrected chi connectivity index (χ3v) is 5.14. The van der Waals surface area contributed by atoms with Crippen molar-refractivity contribution in [1.82, 2.24) is 9.88 Å². The van der Waals surface area contributed by atoms with E-state index in [-0.39, 0.29) is 0 Å². The maximum absolute atomic E-state index is 6.29. The summed E-state index contributed by atoms with van der Waals surface area (Å²) < 4.78 is 13.2. The van der Waals surface area contributed by atoms with Gasteiger partial charge in [-0.2, -0.15) is 0 Å². The molecule has 0 unspecified atom stereocenters. The van der Waals surface area contributed by atoms with Crippen LogP contribution in [0.4, 0.5) is 0 Å². The largest absolute Gasteiger partial charge is 0.489 e. The van der Waals surface area contributed by atoms with Gasteiger partial charge in [-0.15, -0.1) is 0 Å². The third-order valence-electron chi connectivity index (χ3n) is 4.67. The lowest BCUT2D eigenvalue weighted by molar-refractivity contribution is -0.0643. The second-order valence-electron chi connectivity index (χ2n) is 6.47. The molecule has 1 saturated carbocycles. The third kappa shape index (κ3) is 4.67. The van der Waals surface area contributed by atoms with E-state index >= 15 is 0 Å². The Morgan fingerprint density at radius 3 is 2.27 bits per heavy atom. The summed E-state index contributed by atoms with van der Waals surface area (Å²) in [7, 11) is 2.19. The molecule has 22 heavy (non-hydrogen) atoms. The van der Waals surface area contributed by atoms with Gasteiger partial charge in [-0.25, -0.2) is 4.98 Å². The molecule has 0 radical (unpaired) electrons. The van der Waals surface area contributed by atoms with Crippen LogP contribution in [-0.2, 0) is 4.74 Å². The Morgan fingerprint density at radius 1 is 1.00 bits per heavy atom. The monoisotopic (exact) mass is 368 g/mol. The Balaban J connectivity index is 1.39. The second kappa shape index (κ2) is 7.75. The highest BCUT2D eigenvalue weighted by atomic mass is 79.9. The standard InChI is InChI=1S/C17H25BrN2O2/c1-20-10-8-15(9-11-20)21-13-2-4-14(5-3-13)22-16-6-7-17(18)19-12-16/h6-7,12-15H,2-5,8-11H2,1H3/t13-,14-. The number of hydrogen-bond acceptors (Lipinski definition) is 4. The van der Waals surface area contributed by atoms with E-state index in [1.807, 2.05) is 12.1 Å². The maximum atomic E-state index is 6.29. The maximum Gasteiger partial charge on any atom is 0.138 e. The average molecular weight is 369 g/mol. The van der Waals surface area contributed by atoms with E-state index in [4.69, 9.17) is 9.47 Å². The van der Waals surface area contributed by atoms with E-state index in [1.54, 1.807) is 6.20 Å². The average Bonchev–Trinajstić information content (AvgIpc) is 2.54. The number of rotatable bonds is 4. The summed E-state index contributed by atoms with van der Waals surface area (Å²) in [6.07, 6.45) is 9.72. The van der Waals surface area contributed by atoms with Crippen molar-refractivity contribution >= 4 is 15.9 Å². The predicted molar refractivity (Wildman–Crippen MR) is 90.2 cm³/mol. The number of aromatic nitrogens is 1. The van der Waals surface area contributed by atoms with E-state index in [0.29, 0.717) is 18.3 Å². The van der Waals surface area contributed by atoms with Crippen LogP contribution in [0.1, 0.15) is 38.5 Å². The molecule has 1 saturated heterocycles. The molecule has 1 aliphatic carbocycles. The van der Waals surface area contributed by atoms with Crippen LogP contribution in [0.25, 0.3) is 0 Å². The number of nitrogens with zero attached hydrogens (tertiary/aromatic N) is 2. The summed E-state index contributed by atoms with van der Waals surface area (Å²) in [5.74, 6) is 0.864. The van der Waals surface area contributed by atoms with Crippen LogP contribution in [0.3, 0.4) is 0 Å². The van der Waals surface area contributed by atoms with Gasteiger partial charge in [-0.1, -0.05) is 0 Å². The molecule has 122 valence electrons. The highest BCUT2D eigenvalue weighted by molar-refractivity contribution is 9.10. The summed E-state index contributed by atoms with van der Waals surface area (Å²) in [5, 5.41) is 0. The first-order chi connectivity index (χ1) is 10.7. The molecule has 1 aromatic rings. The van der Waals surface area contributed by atoms with Gasteiger partial charge in [0.05, 0.1) is 24.5 Å². The van der Waals surface area contributed by atoms with E-state index in [2.05, 4.69) is 32.9 Å². The number of hydrogen-bond donors (Lipinski definition) is 0. The Bertz CT molecular complexity index is 452. The first-order valence-electron chi connectivity index (χ1n) is 8.31. The zero-order valence-corrected chi connectivity index (χ0v) is 14.8. The number of piperidine rings is 1. The van der Waals surface area contributed by atoms with E-state index in [1.165, 1.54) is 25.9 Å². The van der Waals surface area contributed by atoms with Crippen molar-refractivity contribution in [3.8, 4) is 5.75 Å². The van der Waals surface area contributed by atoms with Crippen molar-refractivity contribution in [2.24, 2.45) is 0 Å². The SMILES string of the molecule is CN1CCC(O[C@H]2CC[C@H](Oc3ccc(Br)nc3)CC2)CC1. The first kappa shape index (κ1) is 16.2. The molecule has 2 aliphatic rings. The summed E-state index contributed by atoms with van der Waals surface area (Å²) in [6, 6.07) is 3.89. The molecule has 1 aliphatic heterocycles. The van der Waals surface area contributed by atoms with Gasteiger partial charge in [-0.3, -0.25) is 0 Å². The van der Waals surface area contributed by atoms with Gasteiger partial charge >= 0.3 is 0 Å². The van der Waals surface area contributed by atoms with Crippen LogP contribution >= 0.6 is 15.9 Å². The normalized spacial score (nSPS) is 27.7. The van der Waals surface area contributed by atoms with Gasteiger partial charge in [0.15, 0.2) is 0 Å². The molecule has 2 fully saturated rings. The molecule has 0 aromatic carbocycles. The van der Waals surface area contributed by atoms with Gasteiger partial charge in [0.1, 0.15) is 10.4 Å². The van der Waals surface area contributed by atoms with E-state index in [0.717, 1.165) is 36.0 Å². The summed E-state index contributed by atoms with van der Waals surface area (Å²) >= 11 is 3.34. The van der Waals surface area contributed by atoms with Crippen molar-refractivity contribution in [1.29, 1.82) is 0 Å². The van der Waals surface area contributed by atoms with Crippen molar-refractivity contribution in [2.45, 2.75) is 56.8 Å². The van der Waals surface area contributed by atoms with Crippen molar-refractivity contribution in [3.63, 3.8) is 0 Å². The summed E-state index contributed by atoms with van der Waals surface area (Å²) in [5.41, 5.74) is 0. The zero-order chi connectivity index (χ0) is 15.4. The highest BCUT2D eigenvalue weighted by Gasteiger charge is 2.26. The number of halogens is 1. The minimum atomic E-state index is 0.306. The molecule has 4 nitrogen and oxygen atoms in total. The Hall–Kier alpha value is -0.650. The van der Waals surface area contributed by atoms with Crippen LogP contribution in [0.2, 0.25) is 0 Å². The Morgan fingerprint density at radius 2 is 1.64 bits per heavy atom. The van der Waals surface area contributed by atoms with Crippen molar-refractivity contribution < 1.29 is 9.47 Å². The fraction of sp³-hybridized carbons (Fsp3) is 0.706. The molecule has 0 N–H and O–H groups in total. The smallest absolute Gasteiger partial charge is 0.138 e. The quantitative estimate of drug-likeness (QED) is 0.759. The molecule has 5 heteroatoms. The predicted octanol–water partition coefficient (Wildman–Crippen LogP) is 3.64. The molecule has 2 heterocycles. The van der Waals surface area contributed by atoms with Crippen LogP contribution < -0.4 is 4.74 Å². The molecule has 0 atom stereocenters. The zero-order valence-electron chi connectivity index (χ0n) is 13.2. The van der Waals surface area contributed by atoms with Gasteiger partial charge in [0, 0.05) is 13.1 Å². The molecular formula is C17H25BrN2O2. The lowest BCUT2D eigenvalue weighted by atomic mass is 9.94. The lowest BCUT2D eigenvalue weighted by Crippen LogP contribution is -2.37. The van der Waals surface area contributed by atoms with Crippen molar-refractivity contribution in [2.75, 3.05) is 20.1 Å². The van der Waals surface area contributed by atoms with Crippen LogP contribution in [0.15, 0.2) is 22.9 Å². The fourth-order valence-corrected chi connectivity index (χ4v) is 3.54.